The molecule has 0 saturated heterocycles. The number of hydrogen-bond acceptors (Lipinski definition) is 4. The first-order valence-corrected chi connectivity index (χ1v) is 5.16. The molecule has 1 aromatic rings. The lowest BCUT2D eigenvalue weighted by molar-refractivity contribution is 0.609. The molecule has 0 aliphatic heterocycles. The average Bonchev–Trinajstić information content (AvgIpc) is 2.03. The van der Waals surface area contributed by atoms with Crippen molar-refractivity contribution >= 4 is 19.7 Å². The molecule has 0 saturated carbocycles. The van der Waals surface area contributed by atoms with Crippen molar-refractivity contribution in [3.63, 3.8) is 0 Å². The molecule has 12 heavy (non-hydrogen) atoms. The highest BCUT2D eigenvalue weighted by Crippen LogP contribution is 2.12. The van der Waals surface area contributed by atoms with E-state index in [1.807, 2.05) is 0 Å². The van der Waals surface area contributed by atoms with E-state index < -0.39 is 9.05 Å². The minimum absolute atomic E-state index is 0.108. The van der Waals surface area contributed by atoms with E-state index in [1.165, 1.54) is 12.1 Å². The van der Waals surface area contributed by atoms with Gasteiger partial charge in [-0.2, -0.15) is 5.26 Å². The van der Waals surface area contributed by atoms with Crippen LogP contribution >= 0.6 is 10.7 Å². The van der Waals surface area contributed by atoms with Gasteiger partial charge in [0.2, 0.25) is 0 Å². The zero-order valence-corrected chi connectivity index (χ0v) is 7.30. The predicted molar refractivity (Wildman–Crippen MR) is 42.0 cm³/mol. The SMILES string of the molecule is N#Cc1ccc(S(=O)(=O)Cl)cn1. The molecule has 4 nitrogen and oxygen atoms in total. The van der Waals surface area contributed by atoms with E-state index in [0.717, 1.165) is 6.20 Å². The fourth-order valence-corrected chi connectivity index (χ4v) is 1.27. The summed E-state index contributed by atoms with van der Waals surface area (Å²) in [5.74, 6) is 0. The third-order valence-corrected chi connectivity index (χ3v) is 2.47. The van der Waals surface area contributed by atoms with Crippen molar-refractivity contribution in [3.05, 3.63) is 24.0 Å². The summed E-state index contributed by atoms with van der Waals surface area (Å²) in [6.07, 6.45) is 1.04. The smallest absolute Gasteiger partial charge is 0.244 e. The van der Waals surface area contributed by atoms with Crippen LogP contribution in [0.5, 0.6) is 0 Å². The van der Waals surface area contributed by atoms with E-state index in [-0.39, 0.29) is 10.6 Å². The molecule has 0 atom stereocenters. The number of halogens is 1. The van der Waals surface area contributed by atoms with Crippen LogP contribution in [-0.4, -0.2) is 13.4 Å². The van der Waals surface area contributed by atoms with Gasteiger partial charge < -0.3 is 0 Å². The van der Waals surface area contributed by atoms with Crippen LogP contribution in [0.3, 0.4) is 0 Å². The highest BCUT2D eigenvalue weighted by Gasteiger charge is 2.09. The van der Waals surface area contributed by atoms with Crippen LogP contribution in [0, 0.1) is 11.3 Å². The van der Waals surface area contributed by atoms with Gasteiger partial charge in [0.25, 0.3) is 9.05 Å². The Kier molecular flexibility index (Phi) is 2.31. The molecule has 0 aliphatic rings. The van der Waals surface area contributed by atoms with Crippen LogP contribution in [0.25, 0.3) is 0 Å². The van der Waals surface area contributed by atoms with Gasteiger partial charge in [0.05, 0.1) is 0 Å². The maximum atomic E-state index is 10.7. The Morgan fingerprint density at radius 1 is 1.50 bits per heavy atom. The second-order valence-electron chi connectivity index (χ2n) is 1.93. The molecule has 0 radical (unpaired) electrons. The predicted octanol–water partition coefficient (Wildman–Crippen LogP) is 0.881. The van der Waals surface area contributed by atoms with Gasteiger partial charge in [0, 0.05) is 16.9 Å². The quantitative estimate of drug-likeness (QED) is 0.634. The number of nitriles is 1. The van der Waals surface area contributed by atoms with E-state index in [0.29, 0.717) is 0 Å². The second-order valence-corrected chi connectivity index (χ2v) is 4.49. The molecular formula is C6H3ClN2O2S. The zero-order valence-electron chi connectivity index (χ0n) is 5.73. The largest absolute Gasteiger partial charge is 0.262 e. The lowest BCUT2D eigenvalue weighted by Gasteiger charge is -1.92. The van der Waals surface area contributed by atoms with Gasteiger partial charge in [-0.3, -0.25) is 0 Å². The van der Waals surface area contributed by atoms with Crippen LogP contribution in [0.4, 0.5) is 0 Å². The molecule has 1 heterocycles. The average molecular weight is 203 g/mol. The van der Waals surface area contributed by atoms with E-state index in [9.17, 15) is 8.42 Å². The Morgan fingerprint density at radius 2 is 2.17 bits per heavy atom. The van der Waals surface area contributed by atoms with Gasteiger partial charge >= 0.3 is 0 Å². The third-order valence-electron chi connectivity index (χ3n) is 1.13. The molecule has 0 bridgehead atoms. The Bertz CT molecular complexity index is 418. The van der Waals surface area contributed by atoms with Crippen molar-refractivity contribution in [2.75, 3.05) is 0 Å². The van der Waals surface area contributed by atoms with E-state index in [2.05, 4.69) is 4.98 Å². The summed E-state index contributed by atoms with van der Waals surface area (Å²) >= 11 is 0. The molecule has 6 heteroatoms. The Balaban J connectivity index is 3.20. The van der Waals surface area contributed by atoms with Crippen LogP contribution in [0.15, 0.2) is 23.2 Å². The second kappa shape index (κ2) is 3.09. The van der Waals surface area contributed by atoms with Gasteiger partial charge in [-0.1, -0.05) is 0 Å². The summed E-state index contributed by atoms with van der Waals surface area (Å²) in [5.41, 5.74) is 0.152. The molecule has 0 fully saturated rings. The fraction of sp³-hybridized carbons (Fsp3) is 0. The third kappa shape index (κ3) is 1.94. The number of rotatable bonds is 1. The molecule has 0 aliphatic carbocycles. The highest BCUT2D eigenvalue weighted by molar-refractivity contribution is 8.13. The first kappa shape index (κ1) is 8.97. The van der Waals surface area contributed by atoms with Crippen LogP contribution in [0.1, 0.15) is 5.69 Å². The van der Waals surface area contributed by atoms with E-state index in [4.69, 9.17) is 15.9 Å². The summed E-state index contributed by atoms with van der Waals surface area (Å²) in [6.45, 7) is 0. The maximum Gasteiger partial charge on any atom is 0.262 e. The monoisotopic (exact) mass is 202 g/mol. The van der Waals surface area contributed by atoms with Crippen LogP contribution in [0.2, 0.25) is 0 Å². The molecular weight excluding hydrogens is 200 g/mol. The lowest BCUT2D eigenvalue weighted by atomic mass is 10.4. The molecule has 1 rings (SSSR count). The number of pyridine rings is 1. The molecule has 0 aromatic carbocycles. The fourth-order valence-electron chi connectivity index (χ4n) is 0.591. The van der Waals surface area contributed by atoms with Crippen molar-refractivity contribution in [1.29, 1.82) is 5.26 Å². The number of nitrogens with zero attached hydrogens (tertiary/aromatic N) is 2. The number of hydrogen-bond donors (Lipinski definition) is 0. The minimum atomic E-state index is -3.73. The first-order valence-electron chi connectivity index (χ1n) is 2.85. The van der Waals surface area contributed by atoms with Gasteiger partial charge in [-0.25, -0.2) is 13.4 Å². The van der Waals surface area contributed by atoms with Gasteiger partial charge in [0.1, 0.15) is 16.7 Å². The van der Waals surface area contributed by atoms with Gasteiger partial charge in [-0.05, 0) is 12.1 Å². The Morgan fingerprint density at radius 3 is 2.50 bits per heavy atom. The molecule has 0 N–H and O–H groups in total. The summed E-state index contributed by atoms with van der Waals surface area (Å²) < 4.78 is 21.4. The molecule has 62 valence electrons. The van der Waals surface area contributed by atoms with Crippen LogP contribution in [-0.2, 0) is 9.05 Å². The molecule has 1 aromatic heterocycles. The van der Waals surface area contributed by atoms with Crippen molar-refractivity contribution in [2.24, 2.45) is 0 Å². The Labute approximate surface area is 73.8 Å². The summed E-state index contributed by atoms with van der Waals surface area (Å²) in [5, 5.41) is 8.34. The van der Waals surface area contributed by atoms with Crippen molar-refractivity contribution in [2.45, 2.75) is 4.90 Å². The summed E-state index contributed by atoms with van der Waals surface area (Å²) in [7, 11) is 1.28. The van der Waals surface area contributed by atoms with Gasteiger partial charge in [0.15, 0.2) is 0 Å². The molecule has 0 spiro atoms. The zero-order chi connectivity index (χ0) is 9.19. The van der Waals surface area contributed by atoms with E-state index in [1.54, 1.807) is 6.07 Å². The highest BCUT2D eigenvalue weighted by atomic mass is 35.7. The lowest BCUT2D eigenvalue weighted by Crippen LogP contribution is -1.92. The van der Waals surface area contributed by atoms with Gasteiger partial charge in [-0.15, -0.1) is 0 Å². The number of aromatic nitrogens is 1. The van der Waals surface area contributed by atoms with Crippen molar-refractivity contribution in [3.8, 4) is 6.07 Å². The summed E-state index contributed by atoms with van der Waals surface area (Å²) in [6, 6.07) is 4.27. The normalized spacial score (nSPS) is 10.7. The Hall–Kier alpha value is -1.12. The molecule has 0 unspecified atom stereocenters. The standard InChI is InChI=1S/C6H3ClN2O2S/c7-12(10,11)6-2-1-5(3-8)9-4-6/h1-2,4H. The van der Waals surface area contributed by atoms with E-state index >= 15 is 0 Å². The van der Waals surface area contributed by atoms with Crippen molar-refractivity contribution in [1.82, 2.24) is 4.98 Å². The molecule has 0 amide bonds. The maximum absolute atomic E-state index is 10.7. The topological polar surface area (TPSA) is 70.8 Å². The minimum Gasteiger partial charge on any atom is -0.244 e. The van der Waals surface area contributed by atoms with Crippen molar-refractivity contribution < 1.29 is 8.42 Å². The first-order chi connectivity index (χ1) is 5.54. The summed E-state index contributed by atoms with van der Waals surface area (Å²) in [4.78, 5) is 3.43. The van der Waals surface area contributed by atoms with Crippen LogP contribution < -0.4 is 0 Å².